The second-order valence-corrected chi connectivity index (χ2v) is 5.54. The quantitative estimate of drug-likeness (QED) is 0.871. The van der Waals surface area contributed by atoms with Crippen LogP contribution in [0.4, 0.5) is 0 Å². The molecule has 2 rings (SSSR count). The molecule has 1 heterocycles. The predicted molar refractivity (Wildman–Crippen MR) is 76.8 cm³/mol. The molecule has 1 saturated heterocycles. The fourth-order valence-electron chi connectivity index (χ4n) is 2.70. The summed E-state index contributed by atoms with van der Waals surface area (Å²) in [5.41, 5.74) is 1.43. The fraction of sp³-hybridized carbons (Fsp3) is 0.600. The zero-order valence-corrected chi connectivity index (χ0v) is 11.8. The first-order valence-corrected chi connectivity index (χ1v) is 6.84. The first-order chi connectivity index (χ1) is 8.66. The van der Waals surface area contributed by atoms with Gasteiger partial charge in [-0.25, -0.2) is 0 Å². The van der Waals surface area contributed by atoms with Gasteiger partial charge in [-0.3, -0.25) is 4.90 Å². The third kappa shape index (κ3) is 3.55. The molecule has 1 aromatic rings. The lowest BCUT2D eigenvalue weighted by atomic mass is 10.0. The van der Waals surface area contributed by atoms with Crippen LogP contribution in [0.25, 0.3) is 0 Å². The van der Waals surface area contributed by atoms with Gasteiger partial charge in [-0.05, 0) is 26.6 Å². The molecule has 0 amide bonds. The molecule has 3 heteroatoms. The zero-order valence-electron chi connectivity index (χ0n) is 11.8. The van der Waals surface area contributed by atoms with Crippen molar-refractivity contribution in [2.24, 2.45) is 0 Å². The van der Waals surface area contributed by atoms with Crippen LogP contribution in [-0.2, 0) is 0 Å². The van der Waals surface area contributed by atoms with Crippen molar-refractivity contribution in [3.8, 4) is 0 Å². The molecule has 1 aliphatic rings. The van der Waals surface area contributed by atoms with Crippen molar-refractivity contribution < 1.29 is 0 Å². The Morgan fingerprint density at radius 2 is 2.06 bits per heavy atom. The Morgan fingerprint density at radius 3 is 2.67 bits per heavy atom. The van der Waals surface area contributed by atoms with E-state index in [0.717, 1.165) is 26.2 Å². The summed E-state index contributed by atoms with van der Waals surface area (Å²) in [5.74, 6) is 0. The minimum absolute atomic E-state index is 0.505. The largest absolute Gasteiger partial charge is 0.312 e. The maximum atomic E-state index is 3.52. The summed E-state index contributed by atoms with van der Waals surface area (Å²) >= 11 is 0. The van der Waals surface area contributed by atoms with Gasteiger partial charge in [-0.15, -0.1) is 0 Å². The van der Waals surface area contributed by atoms with E-state index in [1.165, 1.54) is 5.56 Å². The number of hydrogen-bond donors (Lipinski definition) is 1. The molecule has 0 aromatic heterocycles. The lowest BCUT2D eigenvalue weighted by Gasteiger charge is -2.39. The van der Waals surface area contributed by atoms with E-state index in [1.54, 1.807) is 0 Å². The second-order valence-electron chi connectivity index (χ2n) is 5.54. The summed E-state index contributed by atoms with van der Waals surface area (Å²) < 4.78 is 0. The average molecular weight is 247 g/mol. The second kappa shape index (κ2) is 6.32. The predicted octanol–water partition coefficient (Wildman–Crippen LogP) is 1.58. The molecule has 3 nitrogen and oxygen atoms in total. The normalized spacial score (nSPS) is 23.2. The van der Waals surface area contributed by atoms with Crippen LogP contribution in [0.1, 0.15) is 18.5 Å². The van der Waals surface area contributed by atoms with Crippen LogP contribution in [-0.4, -0.2) is 56.1 Å². The van der Waals surface area contributed by atoms with E-state index in [9.17, 15) is 0 Å². The summed E-state index contributed by atoms with van der Waals surface area (Å²) in [5, 5.41) is 3.52. The summed E-state index contributed by atoms with van der Waals surface area (Å²) in [6.45, 7) is 6.71. The summed E-state index contributed by atoms with van der Waals surface area (Å²) in [6.07, 6.45) is 0. The van der Waals surface area contributed by atoms with Gasteiger partial charge in [0, 0.05) is 38.3 Å². The summed E-state index contributed by atoms with van der Waals surface area (Å²) in [4.78, 5) is 4.89. The Hall–Kier alpha value is -0.900. The molecular formula is C15H25N3. The highest BCUT2D eigenvalue weighted by Crippen LogP contribution is 2.22. The molecule has 2 unspecified atom stereocenters. The number of rotatable bonds is 4. The minimum Gasteiger partial charge on any atom is -0.312 e. The Morgan fingerprint density at radius 1 is 1.33 bits per heavy atom. The van der Waals surface area contributed by atoms with Crippen LogP contribution in [0.5, 0.6) is 0 Å². The number of hydrogen-bond acceptors (Lipinski definition) is 3. The van der Waals surface area contributed by atoms with Gasteiger partial charge in [0.05, 0.1) is 0 Å². The molecule has 0 saturated carbocycles. The third-order valence-corrected chi connectivity index (χ3v) is 3.56. The van der Waals surface area contributed by atoms with Gasteiger partial charge in [0.15, 0.2) is 0 Å². The van der Waals surface area contributed by atoms with E-state index >= 15 is 0 Å². The molecule has 18 heavy (non-hydrogen) atoms. The molecule has 0 spiro atoms. The van der Waals surface area contributed by atoms with Crippen molar-refractivity contribution in [1.29, 1.82) is 0 Å². The van der Waals surface area contributed by atoms with E-state index in [4.69, 9.17) is 0 Å². The van der Waals surface area contributed by atoms with Crippen LogP contribution in [0.15, 0.2) is 30.3 Å². The summed E-state index contributed by atoms with van der Waals surface area (Å²) in [7, 11) is 4.31. The van der Waals surface area contributed by atoms with Crippen molar-refractivity contribution in [3.63, 3.8) is 0 Å². The van der Waals surface area contributed by atoms with Crippen LogP contribution in [0.2, 0.25) is 0 Å². The number of likely N-dealkylation sites (N-methyl/N-ethyl adjacent to an activating group) is 1. The minimum atomic E-state index is 0.505. The maximum absolute atomic E-state index is 3.52. The SMILES string of the molecule is CC1CN(C(CN(C)C)c2ccccc2)CCN1. The molecule has 0 bridgehead atoms. The maximum Gasteiger partial charge on any atom is 0.0476 e. The van der Waals surface area contributed by atoms with Crippen LogP contribution in [0.3, 0.4) is 0 Å². The van der Waals surface area contributed by atoms with Gasteiger partial charge in [0.2, 0.25) is 0 Å². The lowest BCUT2D eigenvalue weighted by Crippen LogP contribution is -2.51. The van der Waals surface area contributed by atoms with Crippen molar-refractivity contribution in [1.82, 2.24) is 15.1 Å². The fourth-order valence-corrected chi connectivity index (χ4v) is 2.70. The van der Waals surface area contributed by atoms with E-state index in [0.29, 0.717) is 12.1 Å². The van der Waals surface area contributed by atoms with E-state index in [2.05, 4.69) is 66.5 Å². The van der Waals surface area contributed by atoms with Gasteiger partial charge in [-0.1, -0.05) is 30.3 Å². The van der Waals surface area contributed by atoms with Crippen molar-refractivity contribution in [2.45, 2.75) is 19.0 Å². The van der Waals surface area contributed by atoms with Crippen LogP contribution < -0.4 is 5.32 Å². The highest BCUT2D eigenvalue weighted by Gasteiger charge is 2.24. The smallest absolute Gasteiger partial charge is 0.0476 e. The molecule has 100 valence electrons. The van der Waals surface area contributed by atoms with Crippen LogP contribution in [0, 0.1) is 0 Å². The Balaban J connectivity index is 2.14. The van der Waals surface area contributed by atoms with E-state index < -0.39 is 0 Å². The monoisotopic (exact) mass is 247 g/mol. The van der Waals surface area contributed by atoms with Gasteiger partial charge in [0.25, 0.3) is 0 Å². The van der Waals surface area contributed by atoms with Crippen molar-refractivity contribution >= 4 is 0 Å². The molecule has 1 fully saturated rings. The van der Waals surface area contributed by atoms with Crippen molar-refractivity contribution in [2.75, 3.05) is 40.3 Å². The topological polar surface area (TPSA) is 18.5 Å². The van der Waals surface area contributed by atoms with Gasteiger partial charge in [0.1, 0.15) is 0 Å². The highest BCUT2D eigenvalue weighted by atomic mass is 15.2. The molecule has 1 N–H and O–H groups in total. The van der Waals surface area contributed by atoms with Gasteiger partial charge >= 0.3 is 0 Å². The highest BCUT2D eigenvalue weighted by molar-refractivity contribution is 5.19. The molecule has 0 aliphatic carbocycles. The standard InChI is InChI=1S/C15H25N3/c1-13-11-18(10-9-16-13)15(12-17(2)3)14-7-5-4-6-8-14/h4-8,13,15-16H,9-12H2,1-3H3. The number of benzene rings is 1. The van der Waals surface area contributed by atoms with Crippen LogP contribution >= 0.6 is 0 Å². The summed E-state index contributed by atoms with van der Waals surface area (Å²) in [6, 6.07) is 12.0. The molecule has 1 aromatic carbocycles. The lowest BCUT2D eigenvalue weighted by molar-refractivity contribution is 0.125. The number of nitrogens with one attached hydrogen (secondary N) is 1. The molecule has 1 aliphatic heterocycles. The van der Waals surface area contributed by atoms with Gasteiger partial charge in [-0.2, -0.15) is 0 Å². The molecule has 2 atom stereocenters. The van der Waals surface area contributed by atoms with E-state index in [-0.39, 0.29) is 0 Å². The number of nitrogens with zero attached hydrogens (tertiary/aromatic N) is 2. The third-order valence-electron chi connectivity index (χ3n) is 3.56. The Bertz CT molecular complexity index is 350. The van der Waals surface area contributed by atoms with E-state index in [1.807, 2.05) is 0 Å². The average Bonchev–Trinajstić information content (AvgIpc) is 2.37. The zero-order chi connectivity index (χ0) is 13.0. The molecular weight excluding hydrogens is 222 g/mol. The van der Waals surface area contributed by atoms with Gasteiger partial charge < -0.3 is 10.2 Å². The first kappa shape index (κ1) is 13.5. The molecule has 0 radical (unpaired) electrons. The van der Waals surface area contributed by atoms with Crippen molar-refractivity contribution in [3.05, 3.63) is 35.9 Å². The Kier molecular flexibility index (Phi) is 4.75. The first-order valence-electron chi connectivity index (χ1n) is 6.84. The Labute approximate surface area is 111 Å². The number of piperazine rings is 1.